The summed E-state index contributed by atoms with van der Waals surface area (Å²) in [5.41, 5.74) is 2.13. The standard InChI is InChI=1S/C22H21F3N2O/c1-2-20(28)26-12-11-21(14-26)13-16-5-3-4-6-19(16)27(15-21)18-9-7-17(8-10-18)22(23,24)25/h2-10H,1,11-15H2/t21-/m1/s1. The maximum absolute atomic E-state index is 12.9. The number of alkyl halides is 3. The molecule has 2 aromatic rings. The number of likely N-dealkylation sites (tertiary alicyclic amines) is 1. The van der Waals surface area contributed by atoms with Crippen molar-refractivity contribution in [1.82, 2.24) is 4.90 Å². The van der Waals surface area contributed by atoms with Crippen LogP contribution >= 0.6 is 0 Å². The van der Waals surface area contributed by atoms with Crippen molar-refractivity contribution in [3.8, 4) is 0 Å². The van der Waals surface area contributed by atoms with Gasteiger partial charge in [0, 0.05) is 36.4 Å². The zero-order valence-electron chi connectivity index (χ0n) is 15.4. The molecule has 0 N–H and O–H groups in total. The second-order valence-electron chi connectivity index (χ2n) is 7.65. The highest BCUT2D eigenvalue weighted by Crippen LogP contribution is 2.45. The van der Waals surface area contributed by atoms with Crippen LogP contribution in [0, 0.1) is 5.41 Å². The molecular weight excluding hydrogens is 365 g/mol. The molecule has 1 spiro atoms. The van der Waals surface area contributed by atoms with Gasteiger partial charge in [-0.15, -0.1) is 0 Å². The van der Waals surface area contributed by atoms with Gasteiger partial charge in [0.2, 0.25) is 5.91 Å². The molecule has 1 amide bonds. The van der Waals surface area contributed by atoms with Crippen LogP contribution in [0.1, 0.15) is 17.5 Å². The van der Waals surface area contributed by atoms with E-state index in [2.05, 4.69) is 17.5 Å². The molecule has 0 saturated carbocycles. The van der Waals surface area contributed by atoms with Gasteiger partial charge in [0.15, 0.2) is 0 Å². The molecule has 6 heteroatoms. The first-order valence-electron chi connectivity index (χ1n) is 9.25. The fraction of sp³-hybridized carbons (Fsp3) is 0.318. The summed E-state index contributed by atoms with van der Waals surface area (Å²) in [7, 11) is 0. The Balaban J connectivity index is 1.69. The first-order valence-corrected chi connectivity index (χ1v) is 9.25. The van der Waals surface area contributed by atoms with Crippen LogP contribution in [-0.2, 0) is 17.4 Å². The fourth-order valence-electron chi connectivity index (χ4n) is 4.39. The van der Waals surface area contributed by atoms with Crippen LogP contribution in [0.2, 0.25) is 0 Å². The lowest BCUT2D eigenvalue weighted by Gasteiger charge is -2.42. The zero-order valence-corrected chi connectivity index (χ0v) is 15.4. The maximum atomic E-state index is 12.9. The van der Waals surface area contributed by atoms with Crippen LogP contribution in [0.25, 0.3) is 0 Å². The Morgan fingerprint density at radius 3 is 2.46 bits per heavy atom. The van der Waals surface area contributed by atoms with Gasteiger partial charge in [-0.25, -0.2) is 0 Å². The van der Waals surface area contributed by atoms with Crippen LogP contribution < -0.4 is 4.90 Å². The molecule has 0 bridgehead atoms. The largest absolute Gasteiger partial charge is 0.416 e. The Bertz CT molecular complexity index is 907. The highest BCUT2D eigenvalue weighted by atomic mass is 19.4. The summed E-state index contributed by atoms with van der Waals surface area (Å²) >= 11 is 0. The third-order valence-corrected chi connectivity index (χ3v) is 5.77. The number of para-hydroxylation sites is 1. The van der Waals surface area contributed by atoms with E-state index in [1.54, 1.807) is 0 Å². The third-order valence-electron chi connectivity index (χ3n) is 5.77. The Morgan fingerprint density at radius 1 is 1.07 bits per heavy atom. The SMILES string of the molecule is C=CC(=O)N1CC[C@@]2(Cc3ccccc3N(c3ccc(C(F)(F)F)cc3)C2)C1. The number of benzene rings is 2. The van der Waals surface area contributed by atoms with E-state index in [-0.39, 0.29) is 11.3 Å². The van der Waals surface area contributed by atoms with Gasteiger partial charge < -0.3 is 9.80 Å². The van der Waals surface area contributed by atoms with Crippen molar-refractivity contribution < 1.29 is 18.0 Å². The predicted molar refractivity (Wildman–Crippen MR) is 102 cm³/mol. The minimum absolute atomic E-state index is 0.0724. The van der Waals surface area contributed by atoms with E-state index >= 15 is 0 Å². The smallest absolute Gasteiger partial charge is 0.341 e. The van der Waals surface area contributed by atoms with Crippen LogP contribution in [-0.4, -0.2) is 30.4 Å². The van der Waals surface area contributed by atoms with Crippen molar-refractivity contribution in [3.05, 3.63) is 72.3 Å². The first kappa shape index (κ1) is 18.6. The van der Waals surface area contributed by atoms with Gasteiger partial charge in [0.25, 0.3) is 0 Å². The number of hydrogen-bond acceptors (Lipinski definition) is 2. The van der Waals surface area contributed by atoms with Gasteiger partial charge in [0.1, 0.15) is 0 Å². The van der Waals surface area contributed by atoms with E-state index in [0.29, 0.717) is 19.6 Å². The number of amides is 1. The van der Waals surface area contributed by atoms with Crippen LogP contribution in [0.5, 0.6) is 0 Å². The summed E-state index contributed by atoms with van der Waals surface area (Å²) in [5.74, 6) is -0.0724. The monoisotopic (exact) mass is 386 g/mol. The van der Waals surface area contributed by atoms with Crippen molar-refractivity contribution in [1.29, 1.82) is 0 Å². The van der Waals surface area contributed by atoms with Crippen molar-refractivity contribution in [2.45, 2.75) is 19.0 Å². The van der Waals surface area contributed by atoms with E-state index in [1.165, 1.54) is 18.2 Å². The molecule has 1 fully saturated rings. The molecular formula is C22H21F3N2O. The molecule has 28 heavy (non-hydrogen) atoms. The molecule has 0 unspecified atom stereocenters. The summed E-state index contributed by atoms with van der Waals surface area (Å²) in [5, 5.41) is 0. The highest BCUT2D eigenvalue weighted by molar-refractivity contribution is 5.87. The number of anilines is 2. The molecule has 2 heterocycles. The molecule has 4 rings (SSSR count). The number of carbonyl (C=O) groups excluding carboxylic acids is 1. The Kier molecular flexibility index (Phi) is 4.44. The second kappa shape index (κ2) is 6.69. The number of halogens is 3. The van der Waals surface area contributed by atoms with Gasteiger partial charge in [-0.2, -0.15) is 13.2 Å². The minimum atomic E-state index is -4.35. The predicted octanol–water partition coefficient (Wildman–Crippen LogP) is 4.80. The summed E-state index contributed by atoms with van der Waals surface area (Å²) in [6.45, 7) is 5.54. The molecule has 2 aromatic carbocycles. The zero-order chi connectivity index (χ0) is 19.9. The topological polar surface area (TPSA) is 23.6 Å². The molecule has 0 radical (unpaired) electrons. The van der Waals surface area contributed by atoms with Crippen LogP contribution in [0.4, 0.5) is 24.5 Å². The van der Waals surface area contributed by atoms with Gasteiger partial charge in [0.05, 0.1) is 5.56 Å². The molecule has 1 saturated heterocycles. The van der Waals surface area contributed by atoms with E-state index in [0.717, 1.165) is 41.9 Å². The molecule has 0 aromatic heterocycles. The van der Waals surface area contributed by atoms with E-state index in [1.807, 2.05) is 23.1 Å². The second-order valence-corrected chi connectivity index (χ2v) is 7.65. The van der Waals surface area contributed by atoms with Crippen molar-refractivity contribution in [3.63, 3.8) is 0 Å². The summed E-state index contributed by atoms with van der Waals surface area (Å²) < 4.78 is 38.8. The van der Waals surface area contributed by atoms with Crippen molar-refractivity contribution in [2.24, 2.45) is 5.41 Å². The Hall–Kier alpha value is -2.76. The number of carbonyl (C=O) groups is 1. The molecule has 3 nitrogen and oxygen atoms in total. The van der Waals surface area contributed by atoms with Crippen LogP contribution in [0.3, 0.4) is 0 Å². The van der Waals surface area contributed by atoms with Gasteiger partial charge >= 0.3 is 6.18 Å². The lowest BCUT2D eigenvalue weighted by atomic mass is 9.76. The summed E-state index contributed by atoms with van der Waals surface area (Å²) in [6, 6.07) is 13.3. The molecule has 2 aliphatic heterocycles. The third kappa shape index (κ3) is 3.28. The lowest BCUT2D eigenvalue weighted by Crippen LogP contribution is -2.44. The summed E-state index contributed by atoms with van der Waals surface area (Å²) in [6.07, 6.45) is -1.31. The quantitative estimate of drug-likeness (QED) is 0.692. The average Bonchev–Trinajstić information content (AvgIpc) is 3.09. The van der Waals surface area contributed by atoms with Crippen LogP contribution in [0.15, 0.2) is 61.2 Å². The highest BCUT2D eigenvalue weighted by Gasteiger charge is 2.44. The summed E-state index contributed by atoms with van der Waals surface area (Å²) in [4.78, 5) is 16.0. The molecule has 0 aliphatic carbocycles. The number of hydrogen-bond donors (Lipinski definition) is 0. The Morgan fingerprint density at radius 2 is 1.79 bits per heavy atom. The normalized spacial score (nSPS) is 21.7. The fourth-order valence-corrected chi connectivity index (χ4v) is 4.39. The van der Waals surface area contributed by atoms with Gasteiger partial charge in [-0.3, -0.25) is 4.79 Å². The molecule has 1 atom stereocenters. The minimum Gasteiger partial charge on any atom is -0.341 e. The van der Waals surface area contributed by atoms with E-state index in [4.69, 9.17) is 0 Å². The van der Waals surface area contributed by atoms with E-state index < -0.39 is 11.7 Å². The average molecular weight is 386 g/mol. The van der Waals surface area contributed by atoms with Crippen molar-refractivity contribution in [2.75, 3.05) is 24.5 Å². The van der Waals surface area contributed by atoms with Crippen molar-refractivity contribution >= 4 is 17.3 Å². The Labute approximate surface area is 162 Å². The molecule has 146 valence electrons. The maximum Gasteiger partial charge on any atom is 0.416 e. The van der Waals surface area contributed by atoms with Gasteiger partial charge in [-0.05, 0) is 54.8 Å². The lowest BCUT2D eigenvalue weighted by molar-refractivity contribution is -0.137. The van der Waals surface area contributed by atoms with E-state index in [9.17, 15) is 18.0 Å². The van der Waals surface area contributed by atoms with Gasteiger partial charge in [-0.1, -0.05) is 24.8 Å². The first-order chi connectivity index (χ1) is 13.3. The number of rotatable bonds is 2. The number of nitrogens with zero attached hydrogens (tertiary/aromatic N) is 2. The molecule has 2 aliphatic rings. The number of fused-ring (bicyclic) bond motifs is 1.